The maximum atomic E-state index is 4.35. The number of likely N-dealkylation sites (N-methyl/N-ethyl adjacent to an activating group) is 1. The van der Waals surface area contributed by atoms with Crippen molar-refractivity contribution in [3.8, 4) is 0 Å². The van der Waals surface area contributed by atoms with Gasteiger partial charge in [0.2, 0.25) is 0 Å². The lowest BCUT2D eigenvalue weighted by atomic mass is 10.1. The van der Waals surface area contributed by atoms with Crippen LogP contribution in [0.15, 0.2) is 30.6 Å². The molecule has 0 fully saturated rings. The van der Waals surface area contributed by atoms with E-state index in [1.165, 1.54) is 5.56 Å². The van der Waals surface area contributed by atoms with Crippen LogP contribution in [0.5, 0.6) is 0 Å². The standard InChI is InChI=1S/C16H24N4/c1-16(2,3)19-9-10-20(4)12-13-5-6-14-15(11-13)18-8-7-17-14/h5-8,11,19H,9-10,12H2,1-4H3. The highest BCUT2D eigenvalue weighted by Crippen LogP contribution is 2.12. The van der Waals surface area contributed by atoms with Crippen molar-refractivity contribution in [3.63, 3.8) is 0 Å². The minimum absolute atomic E-state index is 0.180. The molecule has 0 aliphatic heterocycles. The Morgan fingerprint density at radius 3 is 2.50 bits per heavy atom. The van der Waals surface area contributed by atoms with Crippen molar-refractivity contribution in [2.45, 2.75) is 32.9 Å². The van der Waals surface area contributed by atoms with Crippen LogP contribution in [0.25, 0.3) is 11.0 Å². The molecule has 0 spiro atoms. The summed E-state index contributed by atoms with van der Waals surface area (Å²) < 4.78 is 0. The number of aromatic nitrogens is 2. The number of benzene rings is 1. The Hall–Kier alpha value is -1.52. The second-order valence-electron chi connectivity index (χ2n) is 6.29. The smallest absolute Gasteiger partial charge is 0.0890 e. The summed E-state index contributed by atoms with van der Waals surface area (Å²) in [7, 11) is 2.14. The van der Waals surface area contributed by atoms with Gasteiger partial charge in [-0.05, 0) is 45.5 Å². The molecule has 1 aromatic carbocycles. The lowest BCUT2D eigenvalue weighted by Gasteiger charge is -2.23. The zero-order valence-electron chi connectivity index (χ0n) is 12.8. The molecule has 0 bridgehead atoms. The molecule has 0 unspecified atom stereocenters. The summed E-state index contributed by atoms with van der Waals surface area (Å²) in [6.07, 6.45) is 3.47. The van der Waals surface area contributed by atoms with Crippen molar-refractivity contribution in [3.05, 3.63) is 36.2 Å². The Bertz CT molecular complexity index is 560. The second-order valence-corrected chi connectivity index (χ2v) is 6.29. The molecule has 4 heteroatoms. The molecule has 1 heterocycles. The summed E-state index contributed by atoms with van der Waals surface area (Å²) >= 11 is 0. The van der Waals surface area contributed by atoms with Crippen LogP contribution in [0.1, 0.15) is 26.3 Å². The van der Waals surface area contributed by atoms with Gasteiger partial charge in [-0.15, -0.1) is 0 Å². The van der Waals surface area contributed by atoms with Gasteiger partial charge >= 0.3 is 0 Å². The van der Waals surface area contributed by atoms with Crippen LogP contribution in [0.2, 0.25) is 0 Å². The molecule has 1 N–H and O–H groups in total. The molecular formula is C16H24N4. The molecule has 2 aromatic rings. The molecule has 108 valence electrons. The zero-order chi connectivity index (χ0) is 14.6. The minimum atomic E-state index is 0.180. The number of hydrogen-bond donors (Lipinski definition) is 1. The van der Waals surface area contributed by atoms with E-state index >= 15 is 0 Å². The fourth-order valence-electron chi connectivity index (χ4n) is 2.12. The van der Waals surface area contributed by atoms with Gasteiger partial charge in [0.15, 0.2) is 0 Å². The van der Waals surface area contributed by atoms with Gasteiger partial charge < -0.3 is 10.2 Å². The van der Waals surface area contributed by atoms with Gasteiger partial charge in [0, 0.05) is 37.6 Å². The quantitative estimate of drug-likeness (QED) is 0.907. The van der Waals surface area contributed by atoms with Crippen molar-refractivity contribution >= 4 is 11.0 Å². The van der Waals surface area contributed by atoms with Crippen LogP contribution >= 0.6 is 0 Å². The van der Waals surface area contributed by atoms with Crippen LogP contribution in [0.4, 0.5) is 0 Å². The van der Waals surface area contributed by atoms with Crippen LogP contribution in [0, 0.1) is 0 Å². The molecule has 2 rings (SSSR count). The van der Waals surface area contributed by atoms with Crippen molar-refractivity contribution in [1.29, 1.82) is 0 Å². The highest BCUT2D eigenvalue weighted by Gasteiger charge is 2.08. The van der Waals surface area contributed by atoms with Gasteiger partial charge in [-0.2, -0.15) is 0 Å². The molecule has 0 radical (unpaired) electrons. The third-order valence-electron chi connectivity index (χ3n) is 3.14. The normalized spacial score (nSPS) is 12.2. The maximum Gasteiger partial charge on any atom is 0.0890 e. The number of fused-ring (bicyclic) bond motifs is 1. The Morgan fingerprint density at radius 1 is 1.10 bits per heavy atom. The molecule has 0 saturated carbocycles. The number of nitrogens with one attached hydrogen (secondary N) is 1. The van der Waals surface area contributed by atoms with E-state index in [4.69, 9.17) is 0 Å². The Kier molecular flexibility index (Phi) is 4.68. The predicted octanol–water partition coefficient (Wildman–Crippen LogP) is 2.45. The largest absolute Gasteiger partial charge is 0.311 e. The summed E-state index contributed by atoms with van der Waals surface area (Å²) in [6, 6.07) is 6.29. The minimum Gasteiger partial charge on any atom is -0.311 e. The van der Waals surface area contributed by atoms with Crippen LogP contribution < -0.4 is 5.32 Å². The molecule has 0 amide bonds. The lowest BCUT2D eigenvalue weighted by Crippen LogP contribution is -2.40. The Balaban J connectivity index is 1.91. The summed E-state index contributed by atoms with van der Waals surface area (Å²) in [6.45, 7) is 9.51. The summed E-state index contributed by atoms with van der Waals surface area (Å²) in [5.41, 5.74) is 3.37. The van der Waals surface area contributed by atoms with Crippen molar-refractivity contribution < 1.29 is 0 Å². The molecule has 0 aliphatic rings. The van der Waals surface area contributed by atoms with E-state index < -0.39 is 0 Å². The monoisotopic (exact) mass is 272 g/mol. The molecular weight excluding hydrogens is 248 g/mol. The van der Waals surface area contributed by atoms with Crippen molar-refractivity contribution in [2.24, 2.45) is 0 Å². The van der Waals surface area contributed by atoms with Crippen LogP contribution in [0.3, 0.4) is 0 Å². The number of hydrogen-bond acceptors (Lipinski definition) is 4. The van der Waals surface area contributed by atoms with Gasteiger partial charge in [0.25, 0.3) is 0 Å². The first-order valence-electron chi connectivity index (χ1n) is 7.07. The average molecular weight is 272 g/mol. The average Bonchev–Trinajstić information content (AvgIpc) is 2.37. The molecule has 0 aliphatic carbocycles. The fourth-order valence-corrected chi connectivity index (χ4v) is 2.12. The molecule has 0 saturated heterocycles. The summed E-state index contributed by atoms with van der Waals surface area (Å²) in [5.74, 6) is 0. The van der Waals surface area contributed by atoms with E-state index in [2.05, 4.69) is 60.1 Å². The Labute approximate surface area is 121 Å². The summed E-state index contributed by atoms with van der Waals surface area (Å²) in [4.78, 5) is 11.0. The van der Waals surface area contributed by atoms with Gasteiger partial charge in [0.1, 0.15) is 0 Å². The SMILES string of the molecule is CN(CCNC(C)(C)C)Cc1ccc2nccnc2c1. The number of nitrogens with zero attached hydrogens (tertiary/aromatic N) is 3. The van der Waals surface area contributed by atoms with Gasteiger partial charge in [-0.3, -0.25) is 9.97 Å². The van der Waals surface area contributed by atoms with Gasteiger partial charge in [-0.25, -0.2) is 0 Å². The third-order valence-corrected chi connectivity index (χ3v) is 3.14. The van der Waals surface area contributed by atoms with E-state index in [1.54, 1.807) is 12.4 Å². The van der Waals surface area contributed by atoms with Crippen LogP contribution in [-0.2, 0) is 6.54 Å². The summed E-state index contributed by atoms with van der Waals surface area (Å²) in [5, 5.41) is 3.50. The van der Waals surface area contributed by atoms with E-state index in [9.17, 15) is 0 Å². The van der Waals surface area contributed by atoms with Crippen molar-refractivity contribution in [1.82, 2.24) is 20.2 Å². The zero-order valence-corrected chi connectivity index (χ0v) is 12.8. The highest BCUT2D eigenvalue weighted by molar-refractivity contribution is 5.74. The van der Waals surface area contributed by atoms with E-state index in [0.29, 0.717) is 0 Å². The Morgan fingerprint density at radius 2 is 1.80 bits per heavy atom. The van der Waals surface area contributed by atoms with E-state index in [0.717, 1.165) is 30.7 Å². The second kappa shape index (κ2) is 6.29. The highest BCUT2D eigenvalue weighted by atomic mass is 15.1. The first-order chi connectivity index (χ1) is 9.44. The van der Waals surface area contributed by atoms with E-state index in [-0.39, 0.29) is 5.54 Å². The van der Waals surface area contributed by atoms with Crippen LogP contribution in [-0.4, -0.2) is 40.5 Å². The molecule has 1 aromatic heterocycles. The topological polar surface area (TPSA) is 41.0 Å². The first-order valence-corrected chi connectivity index (χ1v) is 7.07. The van der Waals surface area contributed by atoms with E-state index in [1.807, 2.05) is 6.07 Å². The predicted molar refractivity (Wildman–Crippen MR) is 83.6 cm³/mol. The molecule has 20 heavy (non-hydrogen) atoms. The van der Waals surface area contributed by atoms with Gasteiger partial charge in [0.05, 0.1) is 11.0 Å². The van der Waals surface area contributed by atoms with Crippen molar-refractivity contribution in [2.75, 3.05) is 20.1 Å². The first kappa shape index (κ1) is 14.9. The third kappa shape index (κ3) is 4.54. The fraction of sp³-hybridized carbons (Fsp3) is 0.500. The molecule has 0 atom stereocenters. The lowest BCUT2D eigenvalue weighted by molar-refractivity contribution is 0.303. The number of rotatable bonds is 5. The van der Waals surface area contributed by atoms with Gasteiger partial charge in [-0.1, -0.05) is 6.07 Å². The molecule has 4 nitrogen and oxygen atoms in total. The maximum absolute atomic E-state index is 4.35.